The summed E-state index contributed by atoms with van der Waals surface area (Å²) >= 11 is 0. The Morgan fingerprint density at radius 2 is 1.76 bits per heavy atom. The smallest absolute Gasteiger partial charge is 0.258 e. The normalized spacial score (nSPS) is 16.7. The zero-order chi connectivity index (χ0) is 25.9. The molecule has 0 aliphatic carbocycles. The number of nitrogens with zero attached hydrogens (tertiary/aromatic N) is 4. The number of anilines is 2. The molecule has 5 rings (SSSR count). The summed E-state index contributed by atoms with van der Waals surface area (Å²) in [5, 5.41) is 0. The van der Waals surface area contributed by atoms with Gasteiger partial charge in [0.05, 0.1) is 19.4 Å². The van der Waals surface area contributed by atoms with Crippen LogP contribution in [0.25, 0.3) is 5.69 Å². The second kappa shape index (κ2) is 10.3. The molecular weight excluding hydrogens is 464 g/mol. The fourth-order valence-electron chi connectivity index (χ4n) is 5.10. The van der Waals surface area contributed by atoms with E-state index in [4.69, 9.17) is 4.74 Å². The molecule has 0 saturated carbocycles. The molecular formula is C30H30N4O3. The number of fused-ring (bicyclic) bond motifs is 1. The number of imidazole rings is 1. The van der Waals surface area contributed by atoms with Crippen molar-refractivity contribution < 1.29 is 14.3 Å². The largest absolute Gasteiger partial charge is 0.497 e. The van der Waals surface area contributed by atoms with E-state index in [1.54, 1.807) is 43.9 Å². The Kier molecular flexibility index (Phi) is 6.77. The number of likely N-dealkylation sites (N-methyl/N-ethyl adjacent to an activating group) is 1. The second-order valence-corrected chi connectivity index (χ2v) is 9.17. The molecule has 4 aromatic rings. The van der Waals surface area contributed by atoms with Gasteiger partial charge in [0.25, 0.3) is 5.91 Å². The summed E-state index contributed by atoms with van der Waals surface area (Å²) in [7, 11) is 1.60. The van der Waals surface area contributed by atoms with Crippen LogP contribution >= 0.6 is 0 Å². The number of carbonyl (C=O) groups is 2. The van der Waals surface area contributed by atoms with Gasteiger partial charge in [0.1, 0.15) is 5.75 Å². The highest BCUT2D eigenvalue weighted by Gasteiger charge is 2.38. The molecule has 0 spiro atoms. The zero-order valence-corrected chi connectivity index (χ0v) is 21.2. The molecule has 2 heterocycles. The number of ether oxygens (including phenoxy) is 1. The van der Waals surface area contributed by atoms with Crippen LogP contribution in [0.3, 0.4) is 0 Å². The van der Waals surface area contributed by atoms with Crippen LogP contribution < -0.4 is 14.5 Å². The Hall–Kier alpha value is -4.39. The first-order valence-corrected chi connectivity index (χ1v) is 12.5. The lowest BCUT2D eigenvalue weighted by atomic mass is 9.84. The van der Waals surface area contributed by atoms with Crippen LogP contribution in [-0.4, -0.2) is 41.1 Å². The number of amides is 2. The number of methoxy groups -OCH3 is 1. The summed E-state index contributed by atoms with van der Waals surface area (Å²) in [6.45, 7) is 4.54. The van der Waals surface area contributed by atoms with Gasteiger partial charge < -0.3 is 19.1 Å². The average Bonchev–Trinajstić information content (AvgIpc) is 3.48. The predicted octanol–water partition coefficient (Wildman–Crippen LogP) is 5.46. The fourth-order valence-corrected chi connectivity index (χ4v) is 5.10. The molecule has 37 heavy (non-hydrogen) atoms. The molecule has 0 unspecified atom stereocenters. The maximum Gasteiger partial charge on any atom is 0.258 e. The molecule has 0 fully saturated rings. The Balaban J connectivity index is 1.44. The Bertz CT molecular complexity index is 1380. The summed E-state index contributed by atoms with van der Waals surface area (Å²) < 4.78 is 7.16. The van der Waals surface area contributed by atoms with Gasteiger partial charge in [0, 0.05) is 47.6 Å². The van der Waals surface area contributed by atoms with E-state index < -0.39 is 0 Å². The highest BCUT2D eigenvalue weighted by atomic mass is 16.5. The number of hydrogen-bond donors (Lipinski definition) is 0. The molecule has 2 atom stereocenters. The second-order valence-electron chi connectivity index (χ2n) is 9.17. The molecule has 0 radical (unpaired) electrons. The Morgan fingerprint density at radius 3 is 2.41 bits per heavy atom. The number of rotatable bonds is 6. The Labute approximate surface area is 216 Å². The van der Waals surface area contributed by atoms with Gasteiger partial charge in [0.15, 0.2) is 0 Å². The van der Waals surface area contributed by atoms with E-state index in [1.807, 2.05) is 82.9 Å². The molecule has 2 amide bonds. The SMILES string of the molecule is CCN(C(=O)[C@H]1C[C@H](C)N(C(=O)c2ccc(OC)cc2)c2ccccc21)c1ccc(-n2ccnc2)cc1. The standard InChI is InChI=1S/C30H30N4O3/c1-4-33(24-13-11-23(12-14-24)32-18-17-31-20-32)30(36)27-19-21(2)34(28-8-6-5-7-26(27)28)29(35)22-9-15-25(37-3)16-10-22/h5-18,20-21,27H,4,19H2,1-3H3/t21-,27-/m0/s1. The van der Waals surface area contributed by atoms with E-state index in [2.05, 4.69) is 4.98 Å². The van der Waals surface area contributed by atoms with Gasteiger partial charge in [-0.1, -0.05) is 18.2 Å². The zero-order valence-electron chi connectivity index (χ0n) is 21.2. The van der Waals surface area contributed by atoms with Crippen molar-refractivity contribution in [2.75, 3.05) is 23.5 Å². The number of para-hydroxylation sites is 1. The van der Waals surface area contributed by atoms with Crippen molar-refractivity contribution in [1.29, 1.82) is 0 Å². The van der Waals surface area contributed by atoms with Gasteiger partial charge in [-0.25, -0.2) is 4.98 Å². The maximum absolute atomic E-state index is 14.0. The lowest BCUT2D eigenvalue weighted by molar-refractivity contribution is -0.120. The minimum atomic E-state index is -0.348. The highest BCUT2D eigenvalue weighted by molar-refractivity contribution is 6.09. The van der Waals surface area contributed by atoms with Gasteiger partial charge in [-0.05, 0) is 80.4 Å². The molecule has 1 aliphatic heterocycles. The van der Waals surface area contributed by atoms with Gasteiger partial charge in [0.2, 0.25) is 5.91 Å². The van der Waals surface area contributed by atoms with Crippen LogP contribution in [0.2, 0.25) is 0 Å². The monoisotopic (exact) mass is 494 g/mol. The van der Waals surface area contributed by atoms with Crippen molar-refractivity contribution in [3.63, 3.8) is 0 Å². The number of carbonyl (C=O) groups excluding carboxylic acids is 2. The van der Waals surface area contributed by atoms with E-state index in [9.17, 15) is 9.59 Å². The van der Waals surface area contributed by atoms with Gasteiger partial charge in [-0.2, -0.15) is 0 Å². The lowest BCUT2D eigenvalue weighted by Crippen LogP contribution is -2.46. The lowest BCUT2D eigenvalue weighted by Gasteiger charge is -2.40. The van der Waals surface area contributed by atoms with Crippen LogP contribution in [0.4, 0.5) is 11.4 Å². The molecule has 3 aromatic carbocycles. The van der Waals surface area contributed by atoms with E-state index in [1.165, 1.54) is 0 Å². The van der Waals surface area contributed by atoms with Gasteiger partial charge in [-0.15, -0.1) is 0 Å². The maximum atomic E-state index is 14.0. The average molecular weight is 495 g/mol. The van der Waals surface area contributed by atoms with Crippen molar-refractivity contribution in [1.82, 2.24) is 9.55 Å². The third-order valence-electron chi connectivity index (χ3n) is 6.99. The summed E-state index contributed by atoms with van der Waals surface area (Å²) in [5.41, 5.74) is 4.07. The third kappa shape index (κ3) is 4.60. The molecule has 1 aromatic heterocycles. The van der Waals surface area contributed by atoms with Gasteiger partial charge >= 0.3 is 0 Å². The first-order chi connectivity index (χ1) is 18.0. The molecule has 0 saturated heterocycles. The quantitative estimate of drug-likeness (QED) is 0.357. The van der Waals surface area contributed by atoms with E-state index in [0.717, 1.165) is 22.6 Å². The van der Waals surface area contributed by atoms with Crippen molar-refractivity contribution >= 4 is 23.2 Å². The fraction of sp³-hybridized carbons (Fsp3) is 0.233. The number of aromatic nitrogens is 2. The third-order valence-corrected chi connectivity index (χ3v) is 6.99. The first-order valence-electron chi connectivity index (χ1n) is 12.5. The highest BCUT2D eigenvalue weighted by Crippen LogP contribution is 2.41. The predicted molar refractivity (Wildman–Crippen MR) is 145 cm³/mol. The molecule has 188 valence electrons. The molecule has 0 bridgehead atoms. The summed E-state index contributed by atoms with van der Waals surface area (Å²) in [4.78, 5) is 35.3. The van der Waals surface area contributed by atoms with Crippen molar-refractivity contribution in [3.8, 4) is 11.4 Å². The number of hydrogen-bond acceptors (Lipinski definition) is 4. The van der Waals surface area contributed by atoms with Crippen LogP contribution in [0.5, 0.6) is 5.75 Å². The van der Waals surface area contributed by atoms with Crippen LogP contribution in [0.1, 0.15) is 42.1 Å². The summed E-state index contributed by atoms with van der Waals surface area (Å²) in [6.07, 6.45) is 5.91. The van der Waals surface area contributed by atoms with Crippen molar-refractivity contribution in [2.24, 2.45) is 0 Å². The van der Waals surface area contributed by atoms with Crippen molar-refractivity contribution in [3.05, 3.63) is 103 Å². The first kappa shape index (κ1) is 24.3. The van der Waals surface area contributed by atoms with Crippen molar-refractivity contribution in [2.45, 2.75) is 32.2 Å². The molecule has 1 aliphatic rings. The minimum absolute atomic E-state index is 0.0359. The van der Waals surface area contributed by atoms with Crippen LogP contribution in [0.15, 0.2) is 91.5 Å². The minimum Gasteiger partial charge on any atom is -0.497 e. The van der Waals surface area contributed by atoms with Crippen LogP contribution in [0, 0.1) is 0 Å². The molecule has 7 heteroatoms. The van der Waals surface area contributed by atoms with E-state index >= 15 is 0 Å². The van der Waals surface area contributed by atoms with Crippen LogP contribution in [-0.2, 0) is 4.79 Å². The number of benzene rings is 3. The van der Waals surface area contributed by atoms with E-state index in [0.29, 0.717) is 24.3 Å². The Morgan fingerprint density at radius 1 is 1.03 bits per heavy atom. The van der Waals surface area contributed by atoms with Gasteiger partial charge in [-0.3, -0.25) is 9.59 Å². The molecule has 7 nitrogen and oxygen atoms in total. The topological polar surface area (TPSA) is 67.7 Å². The summed E-state index contributed by atoms with van der Waals surface area (Å²) in [6, 6.07) is 22.6. The summed E-state index contributed by atoms with van der Waals surface area (Å²) in [5.74, 6) is 0.302. The molecule has 0 N–H and O–H groups in total. The van der Waals surface area contributed by atoms with E-state index in [-0.39, 0.29) is 23.8 Å².